The van der Waals surface area contributed by atoms with Crippen molar-refractivity contribution in [3.05, 3.63) is 59.7 Å². The van der Waals surface area contributed by atoms with Crippen LogP contribution in [0.1, 0.15) is 22.0 Å². The molecule has 26 heavy (non-hydrogen) atoms. The Hall–Kier alpha value is -2.75. The summed E-state index contributed by atoms with van der Waals surface area (Å²) in [6.45, 7) is 0. The lowest BCUT2D eigenvalue weighted by molar-refractivity contribution is -0.275. The first kappa shape index (κ1) is 19.6. The van der Waals surface area contributed by atoms with E-state index in [1.807, 2.05) is 0 Å². The molecule has 0 saturated carbocycles. The number of carbonyl (C=O) groups excluding carboxylic acids is 1. The number of rotatable bonds is 5. The normalized spacial score (nSPS) is 13.2. The van der Waals surface area contributed by atoms with Crippen molar-refractivity contribution in [1.82, 2.24) is 0 Å². The van der Waals surface area contributed by atoms with Crippen molar-refractivity contribution in [2.24, 2.45) is 0 Å². The first-order valence-corrected chi connectivity index (χ1v) is 6.88. The number of ketones is 1. The van der Waals surface area contributed by atoms with Gasteiger partial charge in [-0.1, -0.05) is 12.1 Å². The molecule has 1 atom stereocenters. The van der Waals surface area contributed by atoms with Gasteiger partial charge in [-0.15, -0.1) is 26.3 Å². The number of carbonyl (C=O) groups is 1. The molecule has 1 N–H and O–H groups in total. The molecule has 0 heterocycles. The van der Waals surface area contributed by atoms with E-state index in [1.54, 1.807) is 0 Å². The number of ether oxygens (including phenoxy) is 2. The molecule has 0 saturated heterocycles. The van der Waals surface area contributed by atoms with Gasteiger partial charge >= 0.3 is 12.7 Å². The molecule has 0 radical (unpaired) electrons. The van der Waals surface area contributed by atoms with Crippen LogP contribution in [0.25, 0.3) is 0 Å². The summed E-state index contributed by atoms with van der Waals surface area (Å²) in [4.78, 5) is 12.1. The van der Waals surface area contributed by atoms with E-state index in [1.165, 1.54) is 0 Å². The van der Waals surface area contributed by atoms with Crippen LogP contribution < -0.4 is 9.47 Å². The predicted octanol–water partition coefficient (Wildman–Crippen LogP) is 4.40. The molecule has 140 valence electrons. The van der Waals surface area contributed by atoms with Gasteiger partial charge in [0.2, 0.25) is 0 Å². The van der Waals surface area contributed by atoms with Crippen LogP contribution in [0.3, 0.4) is 0 Å². The predicted molar refractivity (Wildman–Crippen MR) is 75.5 cm³/mol. The highest BCUT2D eigenvalue weighted by Gasteiger charge is 2.32. The summed E-state index contributed by atoms with van der Waals surface area (Å²) in [5.41, 5.74) is -0.122. The first-order chi connectivity index (χ1) is 11.9. The maximum Gasteiger partial charge on any atom is 0.573 e. The Kier molecular flexibility index (Phi) is 5.45. The Morgan fingerprint density at radius 3 is 1.54 bits per heavy atom. The standard InChI is InChI=1S/C16H10F6O4/c17-15(18,19)25-11-5-1-9(2-6-11)13(23)14(24)10-3-7-12(8-4-10)26-16(20,21)22/h1-8,13,23H. The third-order valence-corrected chi connectivity index (χ3v) is 3.05. The highest BCUT2D eigenvalue weighted by molar-refractivity contribution is 5.99. The number of benzene rings is 2. The summed E-state index contributed by atoms with van der Waals surface area (Å²) < 4.78 is 79.8. The monoisotopic (exact) mass is 380 g/mol. The van der Waals surface area contributed by atoms with Crippen molar-refractivity contribution in [3.8, 4) is 11.5 Å². The molecule has 0 aromatic heterocycles. The van der Waals surface area contributed by atoms with Gasteiger partial charge in [-0.25, -0.2) is 0 Å². The molecule has 0 aliphatic carbocycles. The molecule has 2 aromatic rings. The van der Waals surface area contributed by atoms with Gasteiger partial charge in [0.05, 0.1) is 0 Å². The van der Waals surface area contributed by atoms with E-state index in [0.717, 1.165) is 48.5 Å². The zero-order valence-corrected chi connectivity index (χ0v) is 12.6. The molecule has 2 aromatic carbocycles. The van der Waals surface area contributed by atoms with Gasteiger partial charge in [0.15, 0.2) is 5.78 Å². The Morgan fingerprint density at radius 1 is 0.769 bits per heavy atom. The van der Waals surface area contributed by atoms with Gasteiger partial charge in [0, 0.05) is 5.56 Å². The van der Waals surface area contributed by atoms with Crippen molar-refractivity contribution in [3.63, 3.8) is 0 Å². The van der Waals surface area contributed by atoms with Crippen LogP contribution >= 0.6 is 0 Å². The Balaban J connectivity index is 2.09. The summed E-state index contributed by atoms with van der Waals surface area (Å²) in [5, 5.41) is 10.00. The topological polar surface area (TPSA) is 55.8 Å². The van der Waals surface area contributed by atoms with Crippen molar-refractivity contribution < 1.29 is 45.7 Å². The van der Waals surface area contributed by atoms with Crippen LogP contribution in [0.2, 0.25) is 0 Å². The zero-order valence-electron chi connectivity index (χ0n) is 12.6. The van der Waals surface area contributed by atoms with E-state index in [9.17, 15) is 36.2 Å². The van der Waals surface area contributed by atoms with Crippen LogP contribution in [0.5, 0.6) is 11.5 Å². The summed E-state index contributed by atoms with van der Waals surface area (Å²) in [7, 11) is 0. The van der Waals surface area contributed by atoms with E-state index < -0.39 is 36.1 Å². The third-order valence-electron chi connectivity index (χ3n) is 3.05. The van der Waals surface area contributed by atoms with Crippen molar-refractivity contribution >= 4 is 5.78 Å². The Bertz CT molecular complexity index is 750. The summed E-state index contributed by atoms with van der Waals surface area (Å²) in [5.74, 6) is -1.93. The number of alkyl halides is 6. The van der Waals surface area contributed by atoms with E-state index in [-0.39, 0.29) is 11.1 Å². The number of aliphatic hydroxyl groups excluding tert-OH is 1. The fourth-order valence-corrected chi connectivity index (χ4v) is 1.98. The molecule has 0 spiro atoms. The molecular weight excluding hydrogens is 370 g/mol. The minimum atomic E-state index is -4.88. The molecule has 0 aliphatic rings. The maximum absolute atomic E-state index is 12.1. The molecular formula is C16H10F6O4. The van der Waals surface area contributed by atoms with Crippen LogP contribution in [-0.2, 0) is 0 Å². The number of hydrogen-bond donors (Lipinski definition) is 1. The number of hydrogen-bond acceptors (Lipinski definition) is 4. The SMILES string of the molecule is O=C(c1ccc(OC(F)(F)F)cc1)C(O)c1ccc(OC(F)(F)F)cc1. The maximum atomic E-state index is 12.1. The highest BCUT2D eigenvalue weighted by Crippen LogP contribution is 2.27. The second kappa shape index (κ2) is 7.24. The molecule has 1 unspecified atom stereocenters. The van der Waals surface area contributed by atoms with Crippen LogP contribution in [-0.4, -0.2) is 23.6 Å². The number of aliphatic hydroxyl groups is 1. The third kappa shape index (κ3) is 5.66. The second-order valence-electron chi connectivity index (χ2n) is 4.96. The van der Waals surface area contributed by atoms with Crippen molar-refractivity contribution in [2.75, 3.05) is 0 Å². The van der Waals surface area contributed by atoms with E-state index in [2.05, 4.69) is 9.47 Å². The summed E-state index contributed by atoms with van der Waals surface area (Å²) in [6.07, 6.45) is -11.5. The quantitative estimate of drug-likeness (QED) is 0.617. The molecule has 4 nitrogen and oxygen atoms in total. The number of Topliss-reactive ketones (excluding diaryl/α,β-unsaturated/α-hetero) is 1. The largest absolute Gasteiger partial charge is 0.573 e. The Morgan fingerprint density at radius 2 is 1.15 bits per heavy atom. The lowest BCUT2D eigenvalue weighted by atomic mass is 10.00. The van der Waals surface area contributed by atoms with Crippen LogP contribution in [0, 0.1) is 0 Å². The van der Waals surface area contributed by atoms with E-state index in [4.69, 9.17) is 0 Å². The van der Waals surface area contributed by atoms with Crippen molar-refractivity contribution in [2.45, 2.75) is 18.8 Å². The lowest BCUT2D eigenvalue weighted by Crippen LogP contribution is -2.18. The van der Waals surface area contributed by atoms with Gasteiger partial charge < -0.3 is 14.6 Å². The van der Waals surface area contributed by atoms with E-state index >= 15 is 0 Å². The molecule has 2 rings (SSSR count). The lowest BCUT2D eigenvalue weighted by Gasteiger charge is -2.13. The highest BCUT2D eigenvalue weighted by atomic mass is 19.4. The van der Waals surface area contributed by atoms with Crippen molar-refractivity contribution in [1.29, 1.82) is 0 Å². The van der Waals surface area contributed by atoms with Crippen LogP contribution in [0.15, 0.2) is 48.5 Å². The first-order valence-electron chi connectivity index (χ1n) is 6.88. The smallest absolute Gasteiger partial charge is 0.406 e. The minimum absolute atomic E-state index is 0.0138. The molecule has 0 aliphatic heterocycles. The summed E-state index contributed by atoms with van der Waals surface area (Å²) in [6, 6.07) is 7.79. The fraction of sp³-hybridized carbons (Fsp3) is 0.188. The van der Waals surface area contributed by atoms with Gasteiger partial charge in [0.25, 0.3) is 0 Å². The average Bonchev–Trinajstić information content (AvgIpc) is 2.52. The summed E-state index contributed by atoms with van der Waals surface area (Å²) >= 11 is 0. The van der Waals surface area contributed by atoms with Gasteiger partial charge in [-0.05, 0) is 42.0 Å². The molecule has 0 amide bonds. The fourth-order valence-electron chi connectivity index (χ4n) is 1.98. The molecule has 10 heteroatoms. The van der Waals surface area contributed by atoms with Gasteiger partial charge in [-0.3, -0.25) is 4.79 Å². The zero-order chi connectivity index (χ0) is 19.5. The minimum Gasteiger partial charge on any atom is -0.406 e. The molecule has 0 fully saturated rings. The number of halogens is 6. The van der Waals surface area contributed by atoms with Crippen LogP contribution in [0.4, 0.5) is 26.3 Å². The average molecular weight is 380 g/mol. The molecule has 0 bridgehead atoms. The van der Waals surface area contributed by atoms with Gasteiger partial charge in [-0.2, -0.15) is 0 Å². The van der Waals surface area contributed by atoms with Gasteiger partial charge in [0.1, 0.15) is 17.6 Å². The second-order valence-corrected chi connectivity index (χ2v) is 4.96. The Labute approximate surface area is 142 Å². The van der Waals surface area contributed by atoms with E-state index in [0.29, 0.717) is 0 Å².